The Labute approximate surface area is 145 Å². The number of hydrogen-bond acceptors (Lipinski definition) is 5. The van der Waals surface area contributed by atoms with Gasteiger partial charge in [0.05, 0.1) is 16.8 Å². The second kappa shape index (κ2) is 5.06. The number of benzene rings is 1. The van der Waals surface area contributed by atoms with E-state index in [9.17, 15) is 9.18 Å². The molecule has 0 spiro atoms. The maximum atomic E-state index is 14.0. The molecule has 4 heterocycles. The van der Waals surface area contributed by atoms with E-state index in [1.165, 1.54) is 22.8 Å². The van der Waals surface area contributed by atoms with E-state index in [1.54, 1.807) is 12.3 Å². The average Bonchev–Trinajstić information content (AvgIpc) is 3.03. The number of nitrogens with one attached hydrogen (secondary N) is 1. The maximum Gasteiger partial charge on any atom is 0.257 e. The fourth-order valence-corrected chi connectivity index (χ4v) is 3.38. The molecule has 3 aromatic rings. The molecule has 1 N–H and O–H groups in total. The molecule has 2 aromatic heterocycles. The predicted octanol–water partition coefficient (Wildman–Crippen LogP) is 2.15. The van der Waals surface area contributed by atoms with Gasteiger partial charge in [-0.3, -0.25) is 4.79 Å². The third-order valence-electron chi connectivity index (χ3n) is 4.31. The normalized spacial score (nSPS) is 21.3. The molecule has 0 saturated carbocycles. The van der Waals surface area contributed by atoms with Crippen molar-refractivity contribution in [2.24, 2.45) is 0 Å². The SMILES string of the molecule is O=C1NC2COc3ccc(F)c(Cl)c3C2Oc2ccn3ncc1c3n2. The Hall–Kier alpha value is -2.87. The van der Waals surface area contributed by atoms with Crippen LogP contribution in [0.1, 0.15) is 22.0 Å². The maximum absolute atomic E-state index is 14.0. The van der Waals surface area contributed by atoms with Crippen LogP contribution in [0.3, 0.4) is 0 Å². The van der Waals surface area contributed by atoms with E-state index < -0.39 is 18.0 Å². The second-order valence-corrected chi connectivity index (χ2v) is 6.17. The van der Waals surface area contributed by atoms with Crippen molar-refractivity contribution in [3.63, 3.8) is 0 Å². The van der Waals surface area contributed by atoms with E-state index in [-0.39, 0.29) is 23.4 Å². The minimum Gasteiger partial charge on any atom is -0.491 e. The number of carbonyl (C=O) groups is 1. The number of rotatable bonds is 0. The topological polar surface area (TPSA) is 77.8 Å². The number of amides is 1. The van der Waals surface area contributed by atoms with E-state index in [0.29, 0.717) is 22.5 Å². The van der Waals surface area contributed by atoms with Gasteiger partial charge in [0.25, 0.3) is 5.91 Å². The van der Waals surface area contributed by atoms with Crippen LogP contribution in [0, 0.1) is 5.82 Å². The van der Waals surface area contributed by atoms with Crippen LogP contribution in [0.5, 0.6) is 11.6 Å². The molecule has 0 saturated heterocycles. The van der Waals surface area contributed by atoms with Crippen molar-refractivity contribution in [3.05, 3.63) is 52.6 Å². The zero-order valence-electron chi connectivity index (χ0n) is 12.6. The lowest BCUT2D eigenvalue weighted by Crippen LogP contribution is -2.47. The first kappa shape index (κ1) is 14.5. The minimum absolute atomic E-state index is 0.0928. The Morgan fingerprint density at radius 2 is 2.24 bits per heavy atom. The first-order valence-electron chi connectivity index (χ1n) is 7.54. The van der Waals surface area contributed by atoms with Gasteiger partial charge in [-0.25, -0.2) is 8.91 Å². The number of carbonyl (C=O) groups excluding carboxylic acids is 1. The van der Waals surface area contributed by atoms with E-state index in [0.717, 1.165) is 0 Å². The molecule has 2 unspecified atom stereocenters. The average molecular weight is 361 g/mol. The van der Waals surface area contributed by atoms with Gasteiger partial charge in [-0.2, -0.15) is 10.1 Å². The van der Waals surface area contributed by atoms with Gasteiger partial charge in [0.1, 0.15) is 29.8 Å². The van der Waals surface area contributed by atoms with E-state index >= 15 is 0 Å². The number of nitrogens with zero attached hydrogens (tertiary/aromatic N) is 3. The molecule has 1 amide bonds. The van der Waals surface area contributed by atoms with Gasteiger partial charge in [-0.15, -0.1) is 0 Å². The number of halogens is 2. The zero-order chi connectivity index (χ0) is 17.1. The van der Waals surface area contributed by atoms with Crippen molar-refractivity contribution in [1.82, 2.24) is 19.9 Å². The summed E-state index contributed by atoms with van der Waals surface area (Å²) < 4.78 is 27.1. The molecule has 7 nitrogen and oxygen atoms in total. The molecule has 2 bridgehead atoms. The van der Waals surface area contributed by atoms with Crippen molar-refractivity contribution in [1.29, 1.82) is 0 Å². The molecule has 0 radical (unpaired) electrons. The highest BCUT2D eigenvalue weighted by Gasteiger charge is 2.38. The molecule has 5 rings (SSSR count). The third kappa shape index (κ3) is 2.07. The van der Waals surface area contributed by atoms with Crippen molar-refractivity contribution < 1.29 is 18.7 Å². The van der Waals surface area contributed by atoms with Gasteiger partial charge >= 0.3 is 0 Å². The van der Waals surface area contributed by atoms with Crippen LogP contribution in [0.4, 0.5) is 4.39 Å². The quantitative estimate of drug-likeness (QED) is 0.664. The van der Waals surface area contributed by atoms with Crippen LogP contribution >= 0.6 is 11.6 Å². The molecule has 0 aliphatic carbocycles. The van der Waals surface area contributed by atoms with Crippen LogP contribution in [0.25, 0.3) is 5.65 Å². The highest BCUT2D eigenvalue weighted by atomic mass is 35.5. The molecule has 2 aliphatic rings. The van der Waals surface area contributed by atoms with Gasteiger partial charge in [-0.05, 0) is 12.1 Å². The zero-order valence-corrected chi connectivity index (χ0v) is 13.3. The van der Waals surface area contributed by atoms with Crippen LogP contribution in [-0.2, 0) is 0 Å². The monoisotopic (exact) mass is 360 g/mol. The van der Waals surface area contributed by atoms with Gasteiger partial charge in [0.15, 0.2) is 11.8 Å². The Kier molecular flexibility index (Phi) is 2.93. The summed E-state index contributed by atoms with van der Waals surface area (Å²) in [5.41, 5.74) is 1.05. The van der Waals surface area contributed by atoms with Gasteiger partial charge in [-0.1, -0.05) is 11.6 Å². The van der Waals surface area contributed by atoms with Crippen LogP contribution in [-0.4, -0.2) is 33.2 Å². The lowest BCUT2D eigenvalue weighted by Gasteiger charge is -2.34. The highest BCUT2D eigenvalue weighted by molar-refractivity contribution is 6.31. The molecule has 9 heteroatoms. The Bertz CT molecular complexity index is 1040. The van der Waals surface area contributed by atoms with Crippen LogP contribution in [0.2, 0.25) is 5.02 Å². The Balaban J connectivity index is 1.70. The first-order valence-corrected chi connectivity index (χ1v) is 7.92. The van der Waals surface area contributed by atoms with Gasteiger partial charge in [0.2, 0.25) is 5.88 Å². The summed E-state index contributed by atoms with van der Waals surface area (Å²) in [7, 11) is 0. The lowest BCUT2D eigenvalue weighted by atomic mass is 9.98. The van der Waals surface area contributed by atoms with Crippen molar-refractivity contribution >= 4 is 23.2 Å². The largest absolute Gasteiger partial charge is 0.491 e. The minimum atomic E-state index is -0.734. The molecular weight excluding hydrogens is 351 g/mol. The summed E-state index contributed by atoms with van der Waals surface area (Å²) in [6, 6.07) is 3.79. The molecule has 2 atom stereocenters. The smallest absolute Gasteiger partial charge is 0.257 e. The molecule has 2 aliphatic heterocycles. The summed E-state index contributed by atoms with van der Waals surface area (Å²) >= 11 is 6.15. The van der Waals surface area contributed by atoms with E-state index in [2.05, 4.69) is 15.4 Å². The number of hydrogen-bond donors (Lipinski definition) is 1. The summed E-state index contributed by atoms with van der Waals surface area (Å²) in [5.74, 6) is -0.238. The number of aromatic nitrogens is 3. The summed E-state index contributed by atoms with van der Waals surface area (Å²) in [6.45, 7) is 0.159. The fourth-order valence-electron chi connectivity index (χ4n) is 3.12. The summed E-state index contributed by atoms with van der Waals surface area (Å²) in [5, 5.41) is 6.84. The summed E-state index contributed by atoms with van der Waals surface area (Å²) in [4.78, 5) is 16.9. The molecular formula is C16H10ClFN4O3. The predicted molar refractivity (Wildman–Crippen MR) is 84.5 cm³/mol. The van der Waals surface area contributed by atoms with Crippen molar-refractivity contribution in [3.8, 4) is 11.6 Å². The molecule has 0 fully saturated rings. The second-order valence-electron chi connectivity index (χ2n) is 5.79. The van der Waals surface area contributed by atoms with Crippen molar-refractivity contribution in [2.75, 3.05) is 6.61 Å². The molecule has 1 aromatic carbocycles. The summed E-state index contributed by atoms with van der Waals surface area (Å²) in [6.07, 6.45) is 2.34. The Morgan fingerprint density at radius 3 is 3.12 bits per heavy atom. The standard InChI is InChI=1S/C16H10ClFN4O3/c17-13-8(18)1-2-10-12(13)14-9(6-24-10)20-16(23)7-5-19-22-4-3-11(25-14)21-15(7)22/h1-5,9,14H,6H2,(H,20,23). The van der Waals surface area contributed by atoms with Crippen LogP contribution < -0.4 is 14.8 Å². The Morgan fingerprint density at radius 1 is 1.36 bits per heavy atom. The van der Waals surface area contributed by atoms with Crippen molar-refractivity contribution in [2.45, 2.75) is 12.1 Å². The van der Waals surface area contributed by atoms with Gasteiger partial charge in [0, 0.05) is 12.3 Å². The molecule has 126 valence electrons. The van der Waals surface area contributed by atoms with Crippen LogP contribution in [0.15, 0.2) is 30.6 Å². The number of ether oxygens (including phenoxy) is 2. The third-order valence-corrected chi connectivity index (χ3v) is 4.70. The fraction of sp³-hybridized carbons (Fsp3) is 0.188. The van der Waals surface area contributed by atoms with E-state index in [1.807, 2.05) is 0 Å². The highest BCUT2D eigenvalue weighted by Crippen LogP contribution is 2.41. The molecule has 25 heavy (non-hydrogen) atoms. The lowest BCUT2D eigenvalue weighted by molar-refractivity contribution is 0.0709. The number of fused-ring (bicyclic) bond motifs is 4. The van der Waals surface area contributed by atoms with Gasteiger partial charge < -0.3 is 14.8 Å². The van der Waals surface area contributed by atoms with E-state index in [4.69, 9.17) is 21.1 Å². The first-order chi connectivity index (χ1) is 12.1.